The summed E-state index contributed by atoms with van der Waals surface area (Å²) in [6.45, 7) is 3.60. The molecule has 2 aromatic heterocycles. The normalized spacial score (nSPS) is 17.8. The molecule has 124 valence electrons. The van der Waals surface area contributed by atoms with Crippen LogP contribution in [-0.2, 0) is 16.1 Å². The summed E-state index contributed by atoms with van der Waals surface area (Å²) in [7, 11) is 1.89. The van der Waals surface area contributed by atoms with Gasteiger partial charge in [-0.1, -0.05) is 15.8 Å². The van der Waals surface area contributed by atoms with E-state index < -0.39 is 0 Å². The summed E-state index contributed by atoms with van der Waals surface area (Å²) in [5, 5.41) is 16.2. The quantitative estimate of drug-likeness (QED) is 0.842. The Labute approximate surface area is 142 Å². The topological polar surface area (TPSA) is 93.1 Å². The van der Waals surface area contributed by atoms with Gasteiger partial charge in [-0.2, -0.15) is 0 Å². The predicted molar refractivity (Wildman–Crippen MR) is 87.4 cm³/mol. The van der Waals surface area contributed by atoms with Crippen LogP contribution in [0.5, 0.6) is 0 Å². The molecule has 8 nitrogen and oxygen atoms in total. The van der Waals surface area contributed by atoms with Gasteiger partial charge in [-0.05, 0) is 38.3 Å². The molecule has 0 spiro atoms. The van der Waals surface area contributed by atoms with Crippen LogP contribution in [0, 0.1) is 6.92 Å². The van der Waals surface area contributed by atoms with Gasteiger partial charge in [0, 0.05) is 13.2 Å². The van der Waals surface area contributed by atoms with E-state index in [0.717, 1.165) is 35.0 Å². The monoisotopic (exact) mass is 354 g/mol. The van der Waals surface area contributed by atoms with E-state index in [-0.39, 0.29) is 18.6 Å². The van der Waals surface area contributed by atoms with E-state index in [4.69, 9.17) is 4.74 Å². The number of amides is 1. The van der Waals surface area contributed by atoms with E-state index in [2.05, 4.69) is 25.1 Å². The molecular weight excluding hydrogens is 336 g/mol. The van der Waals surface area contributed by atoms with Crippen molar-refractivity contribution < 1.29 is 9.53 Å². The lowest BCUT2D eigenvalue weighted by molar-refractivity contribution is -0.117. The number of carbonyl (C=O) groups excluding carboxylic acids is 1. The summed E-state index contributed by atoms with van der Waals surface area (Å²) >= 11 is 2.74. The van der Waals surface area contributed by atoms with Crippen molar-refractivity contribution in [1.82, 2.24) is 24.7 Å². The van der Waals surface area contributed by atoms with Crippen molar-refractivity contribution in [3.05, 3.63) is 15.6 Å². The van der Waals surface area contributed by atoms with Gasteiger partial charge in [-0.15, -0.1) is 15.3 Å². The fraction of sp³-hybridized carbons (Fsp3) is 0.615. The molecule has 0 bridgehead atoms. The van der Waals surface area contributed by atoms with Crippen molar-refractivity contribution in [3.63, 3.8) is 0 Å². The summed E-state index contributed by atoms with van der Waals surface area (Å²) < 4.78 is 9.47. The van der Waals surface area contributed by atoms with Crippen molar-refractivity contribution in [2.75, 3.05) is 25.5 Å². The number of carbonyl (C=O) groups is 1. The number of ether oxygens (including phenoxy) is 1. The second-order valence-electron chi connectivity index (χ2n) is 5.45. The summed E-state index contributed by atoms with van der Waals surface area (Å²) in [6.07, 6.45) is 2.04. The molecule has 0 aromatic carbocycles. The molecule has 10 heteroatoms. The van der Waals surface area contributed by atoms with Crippen molar-refractivity contribution in [3.8, 4) is 0 Å². The second-order valence-corrected chi connectivity index (χ2v) is 7.30. The maximum Gasteiger partial charge on any atom is 0.240 e. The van der Waals surface area contributed by atoms with Gasteiger partial charge in [-0.3, -0.25) is 15.0 Å². The Bertz CT molecular complexity index is 667. The fourth-order valence-corrected chi connectivity index (χ4v) is 3.85. The number of hydrogen-bond acceptors (Lipinski definition) is 9. The summed E-state index contributed by atoms with van der Waals surface area (Å²) in [4.78, 5) is 15.1. The van der Waals surface area contributed by atoms with Crippen LogP contribution in [0.1, 0.15) is 34.5 Å². The van der Waals surface area contributed by atoms with E-state index in [1.54, 1.807) is 0 Å². The Morgan fingerprint density at radius 1 is 1.43 bits per heavy atom. The number of rotatable bonds is 6. The molecule has 0 unspecified atom stereocenters. The SMILES string of the molecule is Cc1nnsc1CN(C)CC(=O)Nc1nnc([C@H]2CCCO2)s1. The maximum atomic E-state index is 12.1. The molecule has 1 aliphatic rings. The third-order valence-electron chi connectivity index (χ3n) is 3.46. The number of anilines is 1. The van der Waals surface area contributed by atoms with Crippen LogP contribution in [0.3, 0.4) is 0 Å². The van der Waals surface area contributed by atoms with Crippen LogP contribution in [0.25, 0.3) is 0 Å². The molecule has 3 heterocycles. The molecule has 23 heavy (non-hydrogen) atoms. The van der Waals surface area contributed by atoms with Gasteiger partial charge in [0.15, 0.2) is 0 Å². The van der Waals surface area contributed by atoms with Gasteiger partial charge in [0.05, 0.1) is 17.1 Å². The molecule has 2 aromatic rings. The number of likely N-dealkylation sites (N-methyl/N-ethyl adjacent to an activating group) is 1. The van der Waals surface area contributed by atoms with Crippen molar-refractivity contribution in [2.45, 2.75) is 32.4 Å². The zero-order valence-electron chi connectivity index (χ0n) is 13.0. The largest absolute Gasteiger partial charge is 0.371 e. The molecule has 0 aliphatic carbocycles. The first kappa shape index (κ1) is 16.4. The molecule has 1 fully saturated rings. The molecule has 0 radical (unpaired) electrons. The lowest BCUT2D eigenvalue weighted by atomic mass is 10.2. The lowest BCUT2D eigenvalue weighted by Gasteiger charge is -2.14. The van der Waals surface area contributed by atoms with Crippen LogP contribution in [-0.4, -0.2) is 50.8 Å². The van der Waals surface area contributed by atoms with Crippen LogP contribution < -0.4 is 5.32 Å². The molecule has 1 atom stereocenters. The smallest absolute Gasteiger partial charge is 0.240 e. The zero-order chi connectivity index (χ0) is 16.2. The minimum absolute atomic E-state index is 0.0302. The standard InChI is InChI=1S/C13H18N6O2S2/c1-8-10(23-18-15-8)6-19(2)7-11(20)14-13-17-16-12(22-13)9-4-3-5-21-9/h9H,3-7H2,1-2H3,(H,14,17,20)/t9-/m1/s1. The second kappa shape index (κ2) is 7.39. The third kappa shape index (κ3) is 4.28. The predicted octanol–water partition coefficient (Wildman–Crippen LogP) is 1.62. The van der Waals surface area contributed by atoms with Gasteiger partial charge in [0.25, 0.3) is 0 Å². The minimum Gasteiger partial charge on any atom is -0.371 e. The number of hydrogen-bond donors (Lipinski definition) is 1. The van der Waals surface area contributed by atoms with Gasteiger partial charge < -0.3 is 4.74 Å². The highest BCUT2D eigenvalue weighted by atomic mass is 32.1. The van der Waals surface area contributed by atoms with Gasteiger partial charge in [-0.25, -0.2) is 0 Å². The molecule has 1 amide bonds. The molecule has 3 rings (SSSR count). The van der Waals surface area contributed by atoms with Gasteiger partial charge >= 0.3 is 0 Å². The lowest BCUT2D eigenvalue weighted by Crippen LogP contribution is -2.29. The summed E-state index contributed by atoms with van der Waals surface area (Å²) in [6, 6.07) is 0. The Hall–Kier alpha value is -1.49. The Morgan fingerprint density at radius 3 is 3.00 bits per heavy atom. The van der Waals surface area contributed by atoms with Crippen LogP contribution in [0.4, 0.5) is 5.13 Å². The van der Waals surface area contributed by atoms with Crippen molar-refractivity contribution >= 4 is 33.9 Å². The van der Waals surface area contributed by atoms with Crippen molar-refractivity contribution in [2.24, 2.45) is 0 Å². The summed E-state index contributed by atoms with van der Waals surface area (Å²) in [5.41, 5.74) is 0.910. The Balaban J connectivity index is 1.50. The molecule has 0 saturated carbocycles. The average Bonchev–Trinajstić information content (AvgIpc) is 3.21. The van der Waals surface area contributed by atoms with Crippen LogP contribution in [0.2, 0.25) is 0 Å². The summed E-state index contributed by atoms with van der Waals surface area (Å²) in [5.74, 6) is -0.113. The molecular formula is C13H18N6O2S2. The molecule has 1 saturated heterocycles. The van der Waals surface area contributed by atoms with Crippen LogP contribution in [0.15, 0.2) is 0 Å². The molecule has 1 aliphatic heterocycles. The Morgan fingerprint density at radius 2 is 2.30 bits per heavy atom. The number of aromatic nitrogens is 4. The van der Waals surface area contributed by atoms with E-state index in [1.807, 2.05) is 18.9 Å². The Kier molecular flexibility index (Phi) is 5.26. The van der Waals surface area contributed by atoms with E-state index in [1.165, 1.54) is 22.9 Å². The highest BCUT2D eigenvalue weighted by Crippen LogP contribution is 2.31. The van der Waals surface area contributed by atoms with E-state index >= 15 is 0 Å². The first-order chi connectivity index (χ1) is 11.1. The highest BCUT2D eigenvalue weighted by Gasteiger charge is 2.22. The average molecular weight is 354 g/mol. The first-order valence-corrected chi connectivity index (χ1v) is 8.92. The minimum atomic E-state index is -0.113. The number of nitrogens with zero attached hydrogens (tertiary/aromatic N) is 5. The van der Waals surface area contributed by atoms with Crippen molar-refractivity contribution in [1.29, 1.82) is 0 Å². The third-order valence-corrected chi connectivity index (χ3v) is 5.20. The zero-order valence-corrected chi connectivity index (χ0v) is 14.6. The van der Waals surface area contributed by atoms with Gasteiger partial charge in [0.2, 0.25) is 11.0 Å². The van der Waals surface area contributed by atoms with E-state index in [0.29, 0.717) is 11.7 Å². The highest BCUT2D eigenvalue weighted by molar-refractivity contribution is 7.15. The van der Waals surface area contributed by atoms with Crippen LogP contribution >= 0.6 is 22.9 Å². The maximum absolute atomic E-state index is 12.1. The van der Waals surface area contributed by atoms with Gasteiger partial charge in [0.1, 0.15) is 11.1 Å². The molecule has 1 N–H and O–H groups in total. The fourth-order valence-electron chi connectivity index (χ4n) is 2.29. The first-order valence-electron chi connectivity index (χ1n) is 7.33. The number of nitrogens with one attached hydrogen (secondary N) is 1. The van der Waals surface area contributed by atoms with E-state index in [9.17, 15) is 4.79 Å². The number of aryl methyl sites for hydroxylation is 1.